The maximum Gasteiger partial charge on any atom is 0.416 e. The summed E-state index contributed by atoms with van der Waals surface area (Å²) in [4.78, 5) is 35.2. The number of hydrogen-bond acceptors (Lipinski definition) is 6. The van der Waals surface area contributed by atoms with Gasteiger partial charge in [0.05, 0.1) is 23.0 Å². The molecule has 1 aromatic carbocycles. The summed E-state index contributed by atoms with van der Waals surface area (Å²) in [6, 6.07) is 2.53. The quantitative estimate of drug-likeness (QED) is 0.774. The number of benzene rings is 1. The Morgan fingerprint density at radius 2 is 2.03 bits per heavy atom. The number of alkyl halides is 3. The zero-order valence-electron chi connectivity index (χ0n) is 16.9. The number of nitrogens with zero attached hydrogens (tertiary/aromatic N) is 4. The Labute approximate surface area is 181 Å². The van der Waals surface area contributed by atoms with E-state index in [0.717, 1.165) is 36.8 Å². The molecule has 0 aliphatic carbocycles. The van der Waals surface area contributed by atoms with Gasteiger partial charge in [0.2, 0.25) is 11.8 Å². The predicted molar refractivity (Wildman–Crippen MR) is 112 cm³/mol. The summed E-state index contributed by atoms with van der Waals surface area (Å²) in [5.41, 5.74) is -0.593. The van der Waals surface area contributed by atoms with Gasteiger partial charge in [-0.3, -0.25) is 19.4 Å². The van der Waals surface area contributed by atoms with E-state index in [4.69, 9.17) is 0 Å². The highest BCUT2D eigenvalue weighted by molar-refractivity contribution is 7.13. The molecule has 0 spiro atoms. The minimum atomic E-state index is -4.53. The van der Waals surface area contributed by atoms with E-state index in [1.54, 1.807) is 24.5 Å². The summed E-state index contributed by atoms with van der Waals surface area (Å²) in [6.07, 6.45) is -1.92. The van der Waals surface area contributed by atoms with Crippen LogP contribution in [0.2, 0.25) is 0 Å². The maximum absolute atomic E-state index is 13.3. The number of rotatable bonds is 3. The molecule has 166 valence electrons. The van der Waals surface area contributed by atoms with Crippen molar-refractivity contribution in [1.29, 1.82) is 0 Å². The van der Waals surface area contributed by atoms with E-state index in [1.165, 1.54) is 11.0 Å². The van der Waals surface area contributed by atoms with Gasteiger partial charge in [0.15, 0.2) is 5.13 Å². The molecule has 1 unspecified atom stereocenters. The largest absolute Gasteiger partial charge is 0.416 e. The van der Waals surface area contributed by atoms with E-state index < -0.39 is 23.7 Å². The van der Waals surface area contributed by atoms with Crippen LogP contribution < -0.4 is 15.1 Å². The fourth-order valence-electron chi connectivity index (χ4n) is 3.93. The molecule has 1 fully saturated rings. The van der Waals surface area contributed by atoms with Gasteiger partial charge in [-0.15, -0.1) is 11.3 Å². The summed E-state index contributed by atoms with van der Waals surface area (Å²) >= 11 is 1.57. The van der Waals surface area contributed by atoms with Crippen LogP contribution in [0.15, 0.2) is 29.8 Å². The predicted octanol–water partition coefficient (Wildman–Crippen LogP) is 3.05. The van der Waals surface area contributed by atoms with Gasteiger partial charge in [0.1, 0.15) is 6.54 Å². The Kier molecular flexibility index (Phi) is 5.89. The molecule has 0 radical (unpaired) electrons. The van der Waals surface area contributed by atoms with Crippen molar-refractivity contribution in [2.45, 2.75) is 25.6 Å². The van der Waals surface area contributed by atoms with E-state index in [9.17, 15) is 22.8 Å². The molecular formula is C20H22F3N5O2S. The van der Waals surface area contributed by atoms with E-state index in [2.05, 4.69) is 15.2 Å². The number of thiazole rings is 1. The highest BCUT2D eigenvalue weighted by atomic mass is 32.1. The first-order chi connectivity index (χ1) is 14.7. The molecule has 7 nitrogen and oxygen atoms in total. The lowest BCUT2D eigenvalue weighted by atomic mass is 10.1. The number of halogens is 3. The Morgan fingerprint density at radius 1 is 1.23 bits per heavy atom. The number of fused-ring (bicyclic) bond motifs is 1. The molecule has 2 aliphatic heterocycles. The van der Waals surface area contributed by atoms with Crippen molar-refractivity contribution in [3.63, 3.8) is 0 Å². The molecular weight excluding hydrogens is 431 g/mol. The second-order valence-electron chi connectivity index (χ2n) is 7.57. The van der Waals surface area contributed by atoms with Gasteiger partial charge < -0.3 is 10.2 Å². The lowest BCUT2D eigenvalue weighted by molar-refractivity contribution is -0.137. The molecule has 2 aliphatic rings. The Morgan fingerprint density at radius 3 is 2.74 bits per heavy atom. The summed E-state index contributed by atoms with van der Waals surface area (Å²) in [5, 5.41) is 5.32. The molecule has 11 heteroatoms. The van der Waals surface area contributed by atoms with E-state index in [0.29, 0.717) is 13.1 Å². The second-order valence-corrected chi connectivity index (χ2v) is 8.44. The van der Waals surface area contributed by atoms with Gasteiger partial charge in [-0.2, -0.15) is 13.2 Å². The monoisotopic (exact) mass is 453 g/mol. The molecule has 0 bridgehead atoms. The van der Waals surface area contributed by atoms with Gasteiger partial charge in [0.25, 0.3) is 0 Å². The Balaban J connectivity index is 1.51. The fraction of sp³-hybridized carbons (Fsp3) is 0.450. The molecule has 1 atom stereocenters. The number of aromatic nitrogens is 1. The van der Waals surface area contributed by atoms with Crippen molar-refractivity contribution in [2.24, 2.45) is 0 Å². The van der Waals surface area contributed by atoms with Crippen molar-refractivity contribution in [3.05, 3.63) is 35.3 Å². The van der Waals surface area contributed by atoms with Crippen LogP contribution in [0.1, 0.15) is 18.9 Å². The number of nitrogens with one attached hydrogen (secondary N) is 1. The topological polar surface area (TPSA) is 68.8 Å². The van der Waals surface area contributed by atoms with Crippen LogP contribution in [-0.4, -0.2) is 60.5 Å². The van der Waals surface area contributed by atoms with Crippen LogP contribution in [0.5, 0.6) is 0 Å². The van der Waals surface area contributed by atoms with Crippen LogP contribution in [0.25, 0.3) is 0 Å². The average molecular weight is 453 g/mol. The average Bonchev–Trinajstić information content (AvgIpc) is 3.15. The normalized spacial score (nSPS) is 18.9. The van der Waals surface area contributed by atoms with Crippen LogP contribution in [0.3, 0.4) is 0 Å². The van der Waals surface area contributed by atoms with Crippen molar-refractivity contribution in [2.75, 3.05) is 47.8 Å². The third-order valence-electron chi connectivity index (χ3n) is 5.58. The second kappa shape index (κ2) is 8.46. The van der Waals surface area contributed by atoms with E-state index in [1.807, 2.05) is 10.3 Å². The van der Waals surface area contributed by atoms with Gasteiger partial charge in [-0.25, -0.2) is 4.98 Å². The first kappa shape index (κ1) is 21.6. The number of anilines is 3. The van der Waals surface area contributed by atoms with Crippen molar-refractivity contribution < 1.29 is 22.8 Å². The van der Waals surface area contributed by atoms with Crippen molar-refractivity contribution >= 4 is 39.7 Å². The molecule has 1 N–H and O–H groups in total. The molecule has 2 amide bonds. The number of hydrogen-bond donors (Lipinski definition) is 1. The van der Waals surface area contributed by atoms with Crippen molar-refractivity contribution in [3.8, 4) is 0 Å². The maximum atomic E-state index is 13.3. The lowest BCUT2D eigenvalue weighted by Gasteiger charge is -2.35. The SMILES string of the molecule is CC(C(=O)N1CC(=O)Nc2cc(C(F)(F)F)ccc21)N1CCCN(c2nccs2)CC1. The van der Waals surface area contributed by atoms with Crippen LogP contribution in [0.4, 0.5) is 29.7 Å². The zero-order chi connectivity index (χ0) is 22.2. The molecule has 4 rings (SSSR count). The summed E-state index contributed by atoms with van der Waals surface area (Å²) in [6.45, 7) is 4.45. The highest BCUT2D eigenvalue weighted by Crippen LogP contribution is 2.37. The lowest BCUT2D eigenvalue weighted by Crippen LogP contribution is -2.52. The number of carbonyl (C=O) groups is 2. The number of amides is 2. The van der Waals surface area contributed by atoms with Gasteiger partial charge in [0, 0.05) is 37.8 Å². The molecule has 1 aromatic heterocycles. The smallest absolute Gasteiger partial charge is 0.347 e. The molecule has 31 heavy (non-hydrogen) atoms. The van der Waals surface area contributed by atoms with Crippen LogP contribution in [-0.2, 0) is 15.8 Å². The van der Waals surface area contributed by atoms with Crippen LogP contribution >= 0.6 is 11.3 Å². The highest BCUT2D eigenvalue weighted by Gasteiger charge is 2.36. The summed E-state index contributed by atoms with van der Waals surface area (Å²) in [5.74, 6) is -0.822. The fourth-order valence-corrected chi connectivity index (χ4v) is 4.63. The van der Waals surface area contributed by atoms with Gasteiger partial charge in [-0.1, -0.05) is 0 Å². The standard InChI is InChI=1S/C20H22F3N5O2S/c1-13(26-6-2-7-27(9-8-26)19-24-5-10-31-19)18(30)28-12-17(29)25-15-11-14(20(21,22)23)3-4-16(15)28/h3-5,10-11,13H,2,6-9,12H2,1H3,(H,25,29). The van der Waals surface area contributed by atoms with Gasteiger partial charge in [-0.05, 0) is 31.5 Å². The molecule has 3 heterocycles. The van der Waals surface area contributed by atoms with E-state index >= 15 is 0 Å². The summed E-state index contributed by atoms with van der Waals surface area (Å²) < 4.78 is 39.1. The third kappa shape index (κ3) is 4.52. The first-order valence-corrected chi connectivity index (χ1v) is 10.8. The first-order valence-electron chi connectivity index (χ1n) is 9.95. The minimum absolute atomic E-state index is 0.00237. The Bertz CT molecular complexity index is 966. The van der Waals surface area contributed by atoms with Crippen LogP contribution in [0, 0.1) is 0 Å². The zero-order valence-corrected chi connectivity index (χ0v) is 17.7. The molecule has 2 aromatic rings. The number of carbonyl (C=O) groups excluding carboxylic acids is 2. The Hall–Kier alpha value is -2.66. The molecule has 0 saturated carbocycles. The van der Waals surface area contributed by atoms with E-state index in [-0.39, 0.29) is 23.8 Å². The summed E-state index contributed by atoms with van der Waals surface area (Å²) in [7, 11) is 0. The third-order valence-corrected chi connectivity index (χ3v) is 6.41. The minimum Gasteiger partial charge on any atom is -0.347 e. The van der Waals surface area contributed by atoms with Crippen molar-refractivity contribution in [1.82, 2.24) is 9.88 Å². The van der Waals surface area contributed by atoms with Gasteiger partial charge >= 0.3 is 6.18 Å². The molecule has 1 saturated heterocycles.